The summed E-state index contributed by atoms with van der Waals surface area (Å²) in [4.78, 5) is 0. The number of benzene rings is 2. The van der Waals surface area contributed by atoms with Crippen molar-refractivity contribution in [2.45, 2.75) is 65.1 Å². The molecule has 0 aromatic heterocycles. The molecule has 1 nitrogen and oxygen atoms in total. The van der Waals surface area contributed by atoms with Crippen LogP contribution in [0, 0.1) is 0 Å². The predicted molar refractivity (Wildman–Crippen MR) is 127 cm³/mol. The molecule has 2 aromatic rings. The van der Waals surface area contributed by atoms with Crippen LogP contribution in [0.4, 0.5) is 0 Å². The van der Waals surface area contributed by atoms with Gasteiger partial charge in [-0.2, -0.15) is 0 Å². The summed E-state index contributed by atoms with van der Waals surface area (Å²) in [5.41, 5.74) is 6.85. The Balaban J connectivity index is 2.25. The lowest BCUT2D eigenvalue weighted by atomic mass is 10.0. The van der Waals surface area contributed by atoms with Crippen molar-refractivity contribution in [1.29, 1.82) is 0 Å². The first-order valence-electron chi connectivity index (χ1n) is 10.2. The van der Waals surface area contributed by atoms with Crippen LogP contribution in [0.1, 0.15) is 44.4 Å². The number of nitrogens with zero attached hydrogens (tertiary/aromatic N) is 1. The summed E-state index contributed by atoms with van der Waals surface area (Å²) in [5, 5.41) is 1.52. The molecule has 0 N–H and O–H groups in total. The van der Waals surface area contributed by atoms with Crippen LogP contribution in [-0.2, 0) is 6.42 Å². The van der Waals surface area contributed by atoms with E-state index in [-0.39, 0.29) is 0 Å². The molecule has 0 amide bonds. The molecule has 0 spiro atoms. The van der Waals surface area contributed by atoms with Crippen molar-refractivity contribution in [3.8, 4) is 0 Å². The lowest BCUT2D eigenvalue weighted by Crippen LogP contribution is -2.27. The Kier molecular flexibility index (Phi) is 5.71. The first-order valence-corrected chi connectivity index (χ1v) is 15.5. The predicted octanol–water partition coefficient (Wildman–Crippen LogP) is 7.26. The normalized spacial score (nSPS) is 14.5. The zero-order valence-electron chi connectivity index (χ0n) is 18.0. The molecule has 0 fully saturated rings. The molecule has 144 valence electrons. The molecular formula is C24H34NPSi. The number of fused-ring (bicyclic) bond motifs is 1. The van der Waals surface area contributed by atoms with Gasteiger partial charge in [0.15, 0.2) is 8.24 Å². The van der Waals surface area contributed by atoms with E-state index in [1.54, 1.807) is 0 Å². The Hall–Kier alpha value is -1.37. The van der Waals surface area contributed by atoms with Crippen molar-refractivity contribution in [1.82, 2.24) is 0 Å². The third-order valence-electron chi connectivity index (χ3n) is 5.44. The SMILES string of the molecule is CC(C)P(=N[Si](C)(C)C)(c1ccccc1C1=Cc2ccccc2C1)C(C)C. The highest BCUT2D eigenvalue weighted by molar-refractivity contribution is 7.76. The van der Waals surface area contributed by atoms with Gasteiger partial charge in [-0.25, -0.2) is 0 Å². The summed E-state index contributed by atoms with van der Waals surface area (Å²) in [6, 6.07) is 18.0. The zero-order valence-corrected chi connectivity index (χ0v) is 19.8. The minimum Gasteiger partial charge on any atom is -0.333 e. The maximum atomic E-state index is 5.71. The molecule has 3 rings (SSSR count). The van der Waals surface area contributed by atoms with Crippen LogP contribution in [0.3, 0.4) is 0 Å². The smallest absolute Gasteiger partial charge is 0.170 e. The van der Waals surface area contributed by atoms with Gasteiger partial charge in [0.05, 0.1) is 0 Å². The Morgan fingerprint density at radius 2 is 1.44 bits per heavy atom. The van der Waals surface area contributed by atoms with Crippen LogP contribution in [0.2, 0.25) is 19.6 Å². The fourth-order valence-electron chi connectivity index (χ4n) is 4.44. The molecule has 0 saturated carbocycles. The van der Waals surface area contributed by atoms with Crippen molar-refractivity contribution in [3.63, 3.8) is 0 Å². The average molecular weight is 396 g/mol. The topological polar surface area (TPSA) is 12.4 Å². The van der Waals surface area contributed by atoms with E-state index < -0.39 is 15.3 Å². The first kappa shape index (κ1) is 20.4. The molecule has 0 aliphatic heterocycles. The van der Waals surface area contributed by atoms with Gasteiger partial charge in [-0.3, -0.25) is 0 Å². The van der Waals surface area contributed by atoms with E-state index in [1.807, 2.05) is 0 Å². The second-order valence-electron chi connectivity index (χ2n) is 9.26. The minimum absolute atomic E-state index is 0.565. The lowest BCUT2D eigenvalue weighted by Gasteiger charge is -2.38. The van der Waals surface area contributed by atoms with Gasteiger partial charge in [0.2, 0.25) is 0 Å². The molecule has 27 heavy (non-hydrogen) atoms. The van der Waals surface area contributed by atoms with Gasteiger partial charge in [-0.05, 0) is 52.4 Å². The highest BCUT2D eigenvalue weighted by Crippen LogP contribution is 2.59. The van der Waals surface area contributed by atoms with Crippen LogP contribution in [0.25, 0.3) is 11.6 Å². The monoisotopic (exact) mass is 395 g/mol. The summed E-state index contributed by atoms with van der Waals surface area (Å²) in [6.45, 7) is 16.7. The Bertz CT molecular complexity index is 904. The molecule has 0 saturated heterocycles. The van der Waals surface area contributed by atoms with E-state index in [1.165, 1.54) is 27.6 Å². The van der Waals surface area contributed by atoms with Crippen molar-refractivity contribution in [2.75, 3.05) is 0 Å². The highest BCUT2D eigenvalue weighted by atomic mass is 31.2. The second kappa shape index (κ2) is 7.57. The van der Waals surface area contributed by atoms with E-state index in [0.717, 1.165) is 6.42 Å². The van der Waals surface area contributed by atoms with Crippen LogP contribution in [-0.4, -0.2) is 19.6 Å². The van der Waals surface area contributed by atoms with E-state index in [0.29, 0.717) is 11.3 Å². The molecule has 3 heteroatoms. The molecule has 2 aromatic carbocycles. The summed E-state index contributed by atoms with van der Waals surface area (Å²) >= 11 is 0. The van der Waals surface area contributed by atoms with Crippen molar-refractivity contribution in [3.05, 3.63) is 65.2 Å². The van der Waals surface area contributed by atoms with Gasteiger partial charge >= 0.3 is 0 Å². The van der Waals surface area contributed by atoms with Crippen LogP contribution in [0.5, 0.6) is 0 Å². The summed E-state index contributed by atoms with van der Waals surface area (Å²) in [7, 11) is -3.23. The Morgan fingerprint density at radius 1 is 0.852 bits per heavy atom. The third kappa shape index (κ3) is 3.93. The fourth-order valence-corrected chi connectivity index (χ4v) is 13.9. The lowest BCUT2D eigenvalue weighted by molar-refractivity contribution is 1.00. The van der Waals surface area contributed by atoms with E-state index in [4.69, 9.17) is 4.41 Å². The van der Waals surface area contributed by atoms with Crippen molar-refractivity contribution < 1.29 is 0 Å². The highest BCUT2D eigenvalue weighted by Gasteiger charge is 2.34. The van der Waals surface area contributed by atoms with Gasteiger partial charge in [0.1, 0.15) is 0 Å². The molecular weight excluding hydrogens is 361 g/mol. The number of hydrogen-bond donors (Lipinski definition) is 0. The van der Waals surface area contributed by atoms with Gasteiger partial charge in [0, 0.05) is 0 Å². The standard InChI is InChI=1S/C24H34NPSi/c1-18(2)26(19(3)4,25-27(5,6)7)24-15-11-10-14-23(24)22-16-20-12-8-9-13-21(20)17-22/h8-16,18-19H,17H2,1-7H3. The van der Waals surface area contributed by atoms with Gasteiger partial charge in [0.25, 0.3) is 0 Å². The molecule has 0 radical (unpaired) electrons. The van der Waals surface area contributed by atoms with Crippen LogP contribution < -0.4 is 5.30 Å². The van der Waals surface area contributed by atoms with Crippen molar-refractivity contribution >= 4 is 32.2 Å². The second-order valence-corrected chi connectivity index (χ2v) is 18.4. The van der Waals surface area contributed by atoms with Crippen LogP contribution in [0.15, 0.2) is 52.9 Å². The molecule has 1 aliphatic carbocycles. The first-order chi connectivity index (χ1) is 12.6. The van der Waals surface area contributed by atoms with Crippen LogP contribution >= 0.6 is 7.05 Å². The fraction of sp³-hybridized carbons (Fsp3) is 0.417. The quantitative estimate of drug-likeness (QED) is 0.373. The summed E-state index contributed by atoms with van der Waals surface area (Å²) in [6.07, 6.45) is 3.44. The molecule has 1 aliphatic rings. The van der Waals surface area contributed by atoms with Gasteiger partial charge in [-0.15, -0.1) is 0 Å². The third-order valence-corrected chi connectivity index (χ3v) is 13.5. The maximum absolute atomic E-state index is 5.71. The largest absolute Gasteiger partial charge is 0.333 e. The Labute approximate surface area is 167 Å². The number of rotatable bonds is 5. The molecule has 0 unspecified atom stereocenters. The summed E-state index contributed by atoms with van der Waals surface area (Å²) in [5.74, 6) is 0. The molecule has 0 atom stereocenters. The average Bonchev–Trinajstić information content (AvgIpc) is 3.02. The zero-order chi connectivity index (χ0) is 19.8. The van der Waals surface area contributed by atoms with E-state index >= 15 is 0 Å². The summed E-state index contributed by atoms with van der Waals surface area (Å²) < 4.78 is 5.71. The Morgan fingerprint density at radius 3 is 2.04 bits per heavy atom. The maximum Gasteiger partial charge on any atom is 0.170 e. The van der Waals surface area contributed by atoms with Crippen molar-refractivity contribution in [2.24, 2.45) is 4.41 Å². The molecule has 0 bridgehead atoms. The minimum atomic E-state index is -1.65. The van der Waals surface area contributed by atoms with E-state index in [9.17, 15) is 0 Å². The van der Waals surface area contributed by atoms with Gasteiger partial charge < -0.3 is 4.41 Å². The van der Waals surface area contributed by atoms with Gasteiger partial charge in [-0.1, -0.05) is 102 Å². The van der Waals surface area contributed by atoms with E-state index in [2.05, 4.69) is 102 Å². The number of hydrogen-bond acceptors (Lipinski definition) is 1. The number of allylic oxidation sites excluding steroid dienone is 1. The molecule has 0 heterocycles.